The zero-order valence-corrected chi connectivity index (χ0v) is 18.7. The van der Waals surface area contributed by atoms with Gasteiger partial charge in [-0.25, -0.2) is 0 Å². The molecule has 0 bridgehead atoms. The fourth-order valence-corrected chi connectivity index (χ4v) is 4.15. The maximum atomic E-state index is 12.8. The van der Waals surface area contributed by atoms with Crippen LogP contribution in [0.1, 0.15) is 26.3 Å². The van der Waals surface area contributed by atoms with E-state index in [1.54, 1.807) is 23.9 Å². The second-order valence-electron chi connectivity index (χ2n) is 8.76. The lowest BCUT2D eigenvalue weighted by atomic mass is 10.1. The predicted molar refractivity (Wildman–Crippen MR) is 117 cm³/mol. The van der Waals surface area contributed by atoms with E-state index < -0.39 is 8.32 Å². The van der Waals surface area contributed by atoms with E-state index in [1.165, 1.54) is 5.56 Å². The summed E-state index contributed by atoms with van der Waals surface area (Å²) in [5, 5.41) is 1.78. The number of hydrogen-bond donors (Lipinski definition) is 0. The Bertz CT molecular complexity index is 1050. The van der Waals surface area contributed by atoms with Crippen LogP contribution >= 0.6 is 0 Å². The average molecular weight is 399 g/mol. The van der Waals surface area contributed by atoms with Crippen molar-refractivity contribution in [2.75, 3.05) is 13.7 Å². The summed E-state index contributed by atoms with van der Waals surface area (Å²) in [6, 6.07) is 9.81. The van der Waals surface area contributed by atoms with E-state index in [4.69, 9.17) is 9.16 Å². The maximum absolute atomic E-state index is 12.8. The normalized spacial score (nSPS) is 12.8. The first-order valence-corrected chi connectivity index (χ1v) is 12.6. The summed E-state index contributed by atoms with van der Waals surface area (Å²) in [7, 11) is -0.162. The molecular formula is C22H30N2O3Si. The molecule has 3 rings (SSSR count). The van der Waals surface area contributed by atoms with Gasteiger partial charge < -0.3 is 9.16 Å². The molecule has 6 heteroatoms. The highest BCUT2D eigenvalue weighted by molar-refractivity contribution is 6.74. The summed E-state index contributed by atoms with van der Waals surface area (Å²) in [5.41, 5.74) is 2.68. The average Bonchev–Trinajstić information content (AvgIpc) is 2.64. The minimum atomic E-state index is -1.76. The van der Waals surface area contributed by atoms with Gasteiger partial charge in [0.05, 0.1) is 16.4 Å². The summed E-state index contributed by atoms with van der Waals surface area (Å²) < 4.78 is 13.2. The third-order valence-corrected chi connectivity index (χ3v) is 10.3. The van der Waals surface area contributed by atoms with Gasteiger partial charge in [0.1, 0.15) is 6.73 Å². The molecule has 2 aromatic heterocycles. The molecule has 28 heavy (non-hydrogen) atoms. The summed E-state index contributed by atoms with van der Waals surface area (Å²) in [6.45, 7) is 12.2. The van der Waals surface area contributed by atoms with Crippen molar-refractivity contribution in [3.05, 3.63) is 52.4 Å². The molecule has 0 unspecified atom stereocenters. The molecule has 0 aliphatic heterocycles. The van der Waals surface area contributed by atoms with Gasteiger partial charge in [0.25, 0.3) is 5.56 Å². The Balaban J connectivity index is 1.98. The molecule has 5 nitrogen and oxygen atoms in total. The van der Waals surface area contributed by atoms with Gasteiger partial charge >= 0.3 is 0 Å². The van der Waals surface area contributed by atoms with Crippen LogP contribution in [-0.4, -0.2) is 31.6 Å². The first-order valence-electron chi connectivity index (χ1n) is 9.69. The van der Waals surface area contributed by atoms with Crippen LogP contribution in [0.15, 0.2) is 41.3 Å². The van der Waals surface area contributed by atoms with E-state index in [1.807, 2.05) is 12.1 Å². The van der Waals surface area contributed by atoms with E-state index in [0.717, 1.165) is 22.8 Å². The molecule has 0 N–H and O–H groups in total. The van der Waals surface area contributed by atoms with E-state index in [-0.39, 0.29) is 17.3 Å². The number of ether oxygens (including phenoxy) is 1. The molecule has 0 fully saturated rings. The maximum Gasteiger partial charge on any atom is 0.262 e. The van der Waals surface area contributed by atoms with Crippen molar-refractivity contribution in [3.8, 4) is 0 Å². The lowest BCUT2D eigenvalue weighted by Crippen LogP contribution is -2.41. The number of rotatable bonds is 6. The van der Waals surface area contributed by atoms with Crippen LogP contribution in [0, 0.1) is 0 Å². The van der Waals surface area contributed by atoms with Crippen molar-refractivity contribution in [3.63, 3.8) is 0 Å². The highest BCUT2D eigenvalue weighted by Crippen LogP contribution is 2.36. The van der Waals surface area contributed by atoms with Gasteiger partial charge in [0.2, 0.25) is 0 Å². The highest BCUT2D eigenvalue weighted by Gasteiger charge is 2.36. The number of pyridine rings is 2. The number of benzene rings is 1. The zero-order chi connectivity index (χ0) is 20.5. The Morgan fingerprint density at radius 3 is 2.57 bits per heavy atom. The van der Waals surface area contributed by atoms with E-state index in [0.29, 0.717) is 12.0 Å². The fraction of sp³-hybridized carbons (Fsp3) is 0.455. The molecule has 3 aromatic rings. The second-order valence-corrected chi connectivity index (χ2v) is 13.6. The molecule has 0 amide bonds. The molecule has 0 aliphatic rings. The van der Waals surface area contributed by atoms with Crippen molar-refractivity contribution in [1.29, 1.82) is 0 Å². The standard InChI is InChI=1S/C22H30N2O3Si/c1-22(2,3)28(5,6)27-13-11-16-9-10-19-18(14-16)20-17(8-7-12-23-20)21(25)24(19)15-26-4/h7-10,12,14H,11,13,15H2,1-6H3. The lowest BCUT2D eigenvalue weighted by Gasteiger charge is -2.36. The van der Waals surface area contributed by atoms with Gasteiger partial charge in [-0.2, -0.15) is 0 Å². The number of nitrogens with zero attached hydrogens (tertiary/aromatic N) is 2. The third-order valence-electron chi connectivity index (χ3n) is 5.81. The van der Waals surface area contributed by atoms with Crippen LogP contribution in [0.5, 0.6) is 0 Å². The van der Waals surface area contributed by atoms with Crippen LogP contribution in [-0.2, 0) is 22.3 Å². The molecule has 0 aliphatic carbocycles. The molecule has 0 spiro atoms. The highest BCUT2D eigenvalue weighted by atomic mass is 28.4. The minimum Gasteiger partial charge on any atom is -0.416 e. The van der Waals surface area contributed by atoms with Crippen molar-refractivity contribution >= 4 is 30.1 Å². The Morgan fingerprint density at radius 2 is 1.89 bits per heavy atom. The summed E-state index contributed by atoms with van der Waals surface area (Å²) in [4.78, 5) is 17.3. The molecule has 0 atom stereocenters. The van der Waals surface area contributed by atoms with Crippen LogP contribution in [0.2, 0.25) is 18.1 Å². The van der Waals surface area contributed by atoms with Crippen LogP contribution in [0.4, 0.5) is 0 Å². The van der Waals surface area contributed by atoms with Crippen LogP contribution < -0.4 is 5.56 Å². The Kier molecular flexibility index (Phi) is 5.75. The Labute approximate surface area is 167 Å². The molecule has 0 radical (unpaired) electrons. The smallest absolute Gasteiger partial charge is 0.262 e. The van der Waals surface area contributed by atoms with E-state index in [9.17, 15) is 4.79 Å². The number of fused-ring (bicyclic) bond motifs is 3. The molecule has 1 aromatic carbocycles. The monoisotopic (exact) mass is 398 g/mol. The van der Waals surface area contributed by atoms with E-state index in [2.05, 4.69) is 51.0 Å². The fourth-order valence-electron chi connectivity index (χ4n) is 3.11. The Morgan fingerprint density at radius 1 is 1.14 bits per heavy atom. The minimum absolute atomic E-state index is 0.0774. The number of methoxy groups -OCH3 is 1. The SMILES string of the molecule is COCn1c(=O)c2cccnc2c2cc(CCO[Si](C)(C)C(C)(C)C)ccc21. The molecule has 2 heterocycles. The van der Waals surface area contributed by atoms with Gasteiger partial charge in [0, 0.05) is 25.3 Å². The third kappa shape index (κ3) is 3.90. The van der Waals surface area contributed by atoms with Gasteiger partial charge in [-0.1, -0.05) is 26.8 Å². The summed E-state index contributed by atoms with van der Waals surface area (Å²) in [6.07, 6.45) is 2.56. The van der Waals surface area contributed by atoms with Crippen molar-refractivity contribution in [1.82, 2.24) is 9.55 Å². The van der Waals surface area contributed by atoms with Crippen molar-refractivity contribution in [2.45, 2.75) is 52.1 Å². The first kappa shape index (κ1) is 20.7. The second kappa shape index (κ2) is 7.77. The first-order chi connectivity index (χ1) is 13.2. The van der Waals surface area contributed by atoms with Gasteiger partial charge in [-0.15, -0.1) is 0 Å². The van der Waals surface area contributed by atoms with Crippen molar-refractivity contribution in [2.24, 2.45) is 0 Å². The topological polar surface area (TPSA) is 53.4 Å². The van der Waals surface area contributed by atoms with Crippen LogP contribution in [0.25, 0.3) is 21.8 Å². The van der Waals surface area contributed by atoms with Crippen molar-refractivity contribution < 1.29 is 9.16 Å². The molecule has 0 saturated heterocycles. The number of hydrogen-bond acceptors (Lipinski definition) is 4. The largest absolute Gasteiger partial charge is 0.416 e. The summed E-state index contributed by atoms with van der Waals surface area (Å²) >= 11 is 0. The predicted octanol–water partition coefficient (Wildman–Crippen LogP) is 4.72. The zero-order valence-electron chi connectivity index (χ0n) is 17.7. The quantitative estimate of drug-likeness (QED) is 0.445. The Hall–Kier alpha value is -2.02. The van der Waals surface area contributed by atoms with Gasteiger partial charge in [-0.05, 0) is 54.4 Å². The molecular weight excluding hydrogens is 368 g/mol. The molecule has 150 valence electrons. The number of aromatic nitrogens is 2. The van der Waals surface area contributed by atoms with Crippen LogP contribution in [0.3, 0.4) is 0 Å². The lowest BCUT2D eigenvalue weighted by molar-refractivity contribution is 0.132. The van der Waals surface area contributed by atoms with Gasteiger partial charge in [0.15, 0.2) is 8.32 Å². The van der Waals surface area contributed by atoms with E-state index >= 15 is 0 Å². The molecule has 0 saturated carbocycles. The van der Waals surface area contributed by atoms with Gasteiger partial charge in [-0.3, -0.25) is 14.3 Å². The summed E-state index contributed by atoms with van der Waals surface area (Å²) in [5.74, 6) is 0.